The lowest BCUT2D eigenvalue weighted by atomic mass is 9.96. The van der Waals surface area contributed by atoms with Crippen LogP contribution < -0.4 is 5.32 Å². The Labute approximate surface area is 128 Å². The number of aliphatic hydroxyl groups is 3. The lowest BCUT2D eigenvalue weighted by Crippen LogP contribution is -2.64. The molecule has 22 heavy (non-hydrogen) atoms. The molecule has 4 N–H and O–H groups in total. The highest BCUT2D eigenvalue weighted by molar-refractivity contribution is 5.73. The molecule has 1 aliphatic heterocycles. The van der Waals surface area contributed by atoms with E-state index in [2.05, 4.69) is 5.32 Å². The lowest BCUT2D eigenvalue weighted by Gasteiger charge is -2.42. The van der Waals surface area contributed by atoms with Crippen LogP contribution in [0.15, 0.2) is 30.3 Å². The molecular formula is C15H21NO6. The first-order valence-corrected chi connectivity index (χ1v) is 7.08. The van der Waals surface area contributed by atoms with Gasteiger partial charge in [0.25, 0.3) is 0 Å². The summed E-state index contributed by atoms with van der Waals surface area (Å²) in [7, 11) is 0. The van der Waals surface area contributed by atoms with Crippen LogP contribution in [0.25, 0.3) is 0 Å². The fourth-order valence-electron chi connectivity index (χ4n) is 2.44. The zero-order valence-electron chi connectivity index (χ0n) is 12.3. The summed E-state index contributed by atoms with van der Waals surface area (Å²) in [5.74, 6) is -0.379. The van der Waals surface area contributed by atoms with Gasteiger partial charge in [-0.3, -0.25) is 4.79 Å². The second-order valence-corrected chi connectivity index (χ2v) is 5.23. The maximum absolute atomic E-state index is 11.3. The molecule has 122 valence electrons. The molecule has 1 aromatic rings. The van der Waals surface area contributed by atoms with Gasteiger partial charge in [0, 0.05) is 6.92 Å². The van der Waals surface area contributed by atoms with Crippen LogP contribution in [0.5, 0.6) is 0 Å². The predicted molar refractivity (Wildman–Crippen MR) is 76.6 cm³/mol. The van der Waals surface area contributed by atoms with E-state index >= 15 is 0 Å². The number of amides is 1. The molecule has 1 saturated heterocycles. The molecule has 1 fully saturated rings. The highest BCUT2D eigenvalue weighted by atomic mass is 16.6. The van der Waals surface area contributed by atoms with Crippen LogP contribution in [0.2, 0.25) is 0 Å². The van der Waals surface area contributed by atoms with Crippen LogP contribution in [0.4, 0.5) is 0 Å². The maximum Gasteiger partial charge on any atom is 0.217 e. The van der Waals surface area contributed by atoms with Crippen molar-refractivity contribution in [2.24, 2.45) is 0 Å². The SMILES string of the molecule is CC(=O)N[C@H]1C(O)O[C@H](CO)[C@@H](O)[C@@H]1OCc1ccccc1. The van der Waals surface area contributed by atoms with E-state index < -0.39 is 37.3 Å². The number of nitrogens with one attached hydrogen (secondary N) is 1. The Bertz CT molecular complexity index is 482. The topological polar surface area (TPSA) is 108 Å². The van der Waals surface area contributed by atoms with E-state index in [-0.39, 0.29) is 12.5 Å². The van der Waals surface area contributed by atoms with Gasteiger partial charge in [0.2, 0.25) is 5.91 Å². The van der Waals surface area contributed by atoms with Crippen LogP contribution in [-0.2, 0) is 20.9 Å². The number of hydrogen-bond donors (Lipinski definition) is 4. The van der Waals surface area contributed by atoms with Gasteiger partial charge in [0.1, 0.15) is 24.4 Å². The van der Waals surface area contributed by atoms with Crippen molar-refractivity contribution >= 4 is 5.91 Å². The minimum Gasteiger partial charge on any atom is -0.394 e. The van der Waals surface area contributed by atoms with E-state index in [0.29, 0.717) is 0 Å². The number of ether oxygens (including phenoxy) is 2. The van der Waals surface area contributed by atoms with E-state index in [1.807, 2.05) is 30.3 Å². The van der Waals surface area contributed by atoms with Crippen molar-refractivity contribution in [3.63, 3.8) is 0 Å². The Morgan fingerprint density at radius 3 is 2.59 bits per heavy atom. The molecule has 7 nitrogen and oxygen atoms in total. The number of aliphatic hydroxyl groups excluding tert-OH is 3. The summed E-state index contributed by atoms with van der Waals surface area (Å²) in [6.45, 7) is 1.03. The van der Waals surface area contributed by atoms with E-state index in [1.165, 1.54) is 6.92 Å². The summed E-state index contributed by atoms with van der Waals surface area (Å²) in [5, 5.41) is 31.9. The monoisotopic (exact) mass is 311 g/mol. The summed E-state index contributed by atoms with van der Waals surface area (Å²) >= 11 is 0. The van der Waals surface area contributed by atoms with Crippen LogP contribution in [0.1, 0.15) is 12.5 Å². The zero-order chi connectivity index (χ0) is 16.1. The molecule has 0 radical (unpaired) electrons. The fourth-order valence-corrected chi connectivity index (χ4v) is 2.44. The number of rotatable bonds is 5. The van der Waals surface area contributed by atoms with E-state index in [0.717, 1.165) is 5.56 Å². The number of carbonyl (C=O) groups is 1. The molecule has 5 atom stereocenters. The summed E-state index contributed by atoms with van der Waals surface area (Å²) in [6, 6.07) is 8.39. The Morgan fingerprint density at radius 1 is 1.32 bits per heavy atom. The fraction of sp³-hybridized carbons (Fsp3) is 0.533. The largest absolute Gasteiger partial charge is 0.394 e. The predicted octanol–water partition coefficient (Wildman–Crippen LogP) is -0.853. The first-order chi connectivity index (χ1) is 10.5. The zero-order valence-corrected chi connectivity index (χ0v) is 12.3. The summed E-state index contributed by atoms with van der Waals surface area (Å²) in [4.78, 5) is 11.3. The molecule has 0 saturated carbocycles. The summed E-state index contributed by atoms with van der Waals surface area (Å²) < 4.78 is 10.8. The van der Waals surface area contributed by atoms with Gasteiger partial charge >= 0.3 is 0 Å². The average molecular weight is 311 g/mol. The van der Waals surface area contributed by atoms with Gasteiger partial charge in [0.05, 0.1) is 13.2 Å². The minimum atomic E-state index is -1.37. The van der Waals surface area contributed by atoms with E-state index in [9.17, 15) is 20.1 Å². The Hall–Kier alpha value is -1.51. The van der Waals surface area contributed by atoms with Crippen molar-refractivity contribution in [1.29, 1.82) is 0 Å². The van der Waals surface area contributed by atoms with Crippen molar-refractivity contribution in [3.05, 3.63) is 35.9 Å². The standard InChI is InChI=1S/C15H21NO6/c1-9(18)16-12-14(13(19)11(7-17)22-15(12)20)21-8-10-5-3-2-4-6-10/h2-6,11-15,17,19-20H,7-8H2,1H3,(H,16,18)/t11-,12-,13-,14-,15?/m1/s1. The average Bonchev–Trinajstić information content (AvgIpc) is 2.50. The van der Waals surface area contributed by atoms with Gasteiger partial charge < -0.3 is 30.1 Å². The number of benzene rings is 1. The van der Waals surface area contributed by atoms with Crippen molar-refractivity contribution in [2.45, 2.75) is 44.2 Å². The normalized spacial score (nSPS) is 31.7. The maximum atomic E-state index is 11.3. The van der Waals surface area contributed by atoms with Crippen molar-refractivity contribution in [2.75, 3.05) is 6.61 Å². The second-order valence-electron chi connectivity index (χ2n) is 5.23. The molecule has 1 aromatic carbocycles. The van der Waals surface area contributed by atoms with Crippen LogP contribution in [-0.4, -0.2) is 58.5 Å². The molecule has 7 heteroatoms. The summed E-state index contributed by atoms with van der Waals surface area (Å²) in [6.07, 6.45) is -4.41. The third-order valence-corrected chi connectivity index (χ3v) is 3.53. The molecule has 1 aliphatic rings. The van der Waals surface area contributed by atoms with Gasteiger partial charge in [-0.2, -0.15) is 0 Å². The Balaban J connectivity index is 2.10. The quantitative estimate of drug-likeness (QED) is 0.564. The highest BCUT2D eigenvalue weighted by Crippen LogP contribution is 2.23. The first-order valence-electron chi connectivity index (χ1n) is 7.08. The van der Waals surface area contributed by atoms with Crippen LogP contribution in [0.3, 0.4) is 0 Å². The second kappa shape index (κ2) is 7.66. The molecule has 1 amide bonds. The minimum absolute atomic E-state index is 0.198. The third-order valence-electron chi connectivity index (χ3n) is 3.53. The molecular weight excluding hydrogens is 290 g/mol. The van der Waals surface area contributed by atoms with Gasteiger partial charge in [-0.05, 0) is 5.56 Å². The van der Waals surface area contributed by atoms with E-state index in [4.69, 9.17) is 9.47 Å². The van der Waals surface area contributed by atoms with Gasteiger partial charge in [-0.1, -0.05) is 30.3 Å². The third kappa shape index (κ3) is 4.02. The van der Waals surface area contributed by atoms with Crippen molar-refractivity contribution < 1.29 is 29.6 Å². The van der Waals surface area contributed by atoms with Crippen LogP contribution in [0, 0.1) is 0 Å². The van der Waals surface area contributed by atoms with Crippen molar-refractivity contribution in [1.82, 2.24) is 5.32 Å². The van der Waals surface area contributed by atoms with Gasteiger partial charge in [-0.15, -0.1) is 0 Å². The molecule has 1 heterocycles. The number of carbonyl (C=O) groups excluding carboxylic acids is 1. The highest BCUT2D eigenvalue weighted by Gasteiger charge is 2.45. The smallest absolute Gasteiger partial charge is 0.217 e. The Morgan fingerprint density at radius 2 is 2.00 bits per heavy atom. The van der Waals surface area contributed by atoms with Crippen LogP contribution >= 0.6 is 0 Å². The molecule has 0 bridgehead atoms. The molecule has 0 aliphatic carbocycles. The lowest BCUT2D eigenvalue weighted by molar-refractivity contribution is -0.263. The van der Waals surface area contributed by atoms with Gasteiger partial charge in [-0.25, -0.2) is 0 Å². The summed E-state index contributed by atoms with van der Waals surface area (Å²) in [5.41, 5.74) is 0.887. The number of hydrogen-bond acceptors (Lipinski definition) is 6. The molecule has 1 unspecified atom stereocenters. The first kappa shape index (κ1) is 16.9. The molecule has 0 aromatic heterocycles. The van der Waals surface area contributed by atoms with E-state index in [1.54, 1.807) is 0 Å². The molecule has 0 spiro atoms. The molecule has 2 rings (SSSR count). The van der Waals surface area contributed by atoms with Gasteiger partial charge in [0.15, 0.2) is 6.29 Å². The Kier molecular flexibility index (Phi) is 5.87. The van der Waals surface area contributed by atoms with Crippen molar-refractivity contribution in [3.8, 4) is 0 Å².